The maximum atomic E-state index is 3.49. The standard InChI is InChI=1S/C20H27N3.ClH/c1-16(18-7-6-17-4-2-3-5-19(17)14-18)22-10-12-23(13-11-22)20-8-9-21-15-20;/h2-7,14,16,20-21H,8-13,15H2,1H3;1H. The van der Waals surface area contributed by atoms with Crippen molar-refractivity contribution in [3.05, 3.63) is 48.0 Å². The molecule has 2 aliphatic heterocycles. The normalized spacial score (nSPS) is 24.0. The van der Waals surface area contributed by atoms with Gasteiger partial charge in [0, 0.05) is 44.8 Å². The van der Waals surface area contributed by atoms with Crippen molar-refractivity contribution in [2.75, 3.05) is 39.3 Å². The van der Waals surface area contributed by atoms with E-state index in [1.165, 1.54) is 62.0 Å². The van der Waals surface area contributed by atoms with Gasteiger partial charge in [-0.3, -0.25) is 9.80 Å². The van der Waals surface area contributed by atoms with Crippen LogP contribution >= 0.6 is 12.4 Å². The van der Waals surface area contributed by atoms with Crippen molar-refractivity contribution < 1.29 is 0 Å². The highest BCUT2D eigenvalue weighted by Gasteiger charge is 2.27. The minimum Gasteiger partial charge on any atom is -0.315 e. The first-order chi connectivity index (χ1) is 11.3. The van der Waals surface area contributed by atoms with Gasteiger partial charge in [0.1, 0.15) is 0 Å². The second kappa shape index (κ2) is 7.83. The smallest absolute Gasteiger partial charge is 0.0321 e. The highest BCUT2D eigenvalue weighted by atomic mass is 35.5. The molecule has 2 fully saturated rings. The van der Waals surface area contributed by atoms with Crippen LogP contribution in [0.3, 0.4) is 0 Å². The first-order valence-electron chi connectivity index (χ1n) is 8.99. The molecule has 0 bridgehead atoms. The van der Waals surface area contributed by atoms with Crippen LogP contribution in [-0.2, 0) is 0 Å². The first-order valence-corrected chi connectivity index (χ1v) is 8.99. The zero-order valence-corrected chi connectivity index (χ0v) is 15.3. The molecule has 130 valence electrons. The highest BCUT2D eigenvalue weighted by molar-refractivity contribution is 5.85. The third-order valence-corrected chi connectivity index (χ3v) is 5.70. The fourth-order valence-electron chi connectivity index (χ4n) is 4.12. The quantitative estimate of drug-likeness (QED) is 0.920. The molecular weight excluding hydrogens is 318 g/mol. The van der Waals surface area contributed by atoms with Crippen molar-refractivity contribution in [2.24, 2.45) is 0 Å². The van der Waals surface area contributed by atoms with E-state index in [2.05, 4.69) is 64.5 Å². The molecule has 2 unspecified atom stereocenters. The zero-order chi connectivity index (χ0) is 15.6. The highest BCUT2D eigenvalue weighted by Crippen LogP contribution is 2.26. The van der Waals surface area contributed by atoms with E-state index < -0.39 is 0 Å². The molecule has 0 amide bonds. The molecule has 0 aliphatic carbocycles. The van der Waals surface area contributed by atoms with Crippen LogP contribution in [0.5, 0.6) is 0 Å². The molecule has 0 aromatic heterocycles. The lowest BCUT2D eigenvalue weighted by Crippen LogP contribution is -2.51. The van der Waals surface area contributed by atoms with Crippen molar-refractivity contribution in [1.29, 1.82) is 0 Å². The predicted molar refractivity (Wildman–Crippen MR) is 104 cm³/mol. The second-order valence-corrected chi connectivity index (χ2v) is 7.00. The summed E-state index contributed by atoms with van der Waals surface area (Å²) in [6, 6.07) is 16.9. The van der Waals surface area contributed by atoms with Gasteiger partial charge in [0.2, 0.25) is 0 Å². The molecule has 2 saturated heterocycles. The third kappa shape index (κ3) is 3.60. The van der Waals surface area contributed by atoms with Crippen LogP contribution < -0.4 is 5.32 Å². The van der Waals surface area contributed by atoms with Crippen molar-refractivity contribution in [3.8, 4) is 0 Å². The molecule has 2 atom stereocenters. The lowest BCUT2D eigenvalue weighted by atomic mass is 10.0. The Labute approximate surface area is 151 Å². The van der Waals surface area contributed by atoms with E-state index in [9.17, 15) is 0 Å². The van der Waals surface area contributed by atoms with Crippen molar-refractivity contribution in [1.82, 2.24) is 15.1 Å². The molecule has 1 N–H and O–H groups in total. The molecule has 4 heteroatoms. The Morgan fingerprint density at radius 1 is 1.00 bits per heavy atom. The lowest BCUT2D eigenvalue weighted by Gasteiger charge is -2.40. The van der Waals surface area contributed by atoms with Gasteiger partial charge in [-0.05, 0) is 42.3 Å². The SMILES string of the molecule is CC(c1ccc2ccccc2c1)N1CCN(C2CCNC2)CC1.Cl. The van der Waals surface area contributed by atoms with Crippen LogP contribution in [0, 0.1) is 0 Å². The fourth-order valence-corrected chi connectivity index (χ4v) is 4.12. The monoisotopic (exact) mass is 345 g/mol. The third-order valence-electron chi connectivity index (χ3n) is 5.70. The van der Waals surface area contributed by atoms with Gasteiger partial charge in [-0.2, -0.15) is 0 Å². The molecule has 0 saturated carbocycles. The summed E-state index contributed by atoms with van der Waals surface area (Å²) in [7, 11) is 0. The maximum absolute atomic E-state index is 3.49. The van der Waals surface area contributed by atoms with E-state index >= 15 is 0 Å². The molecule has 2 heterocycles. The molecule has 2 aromatic rings. The van der Waals surface area contributed by atoms with E-state index in [1.54, 1.807) is 0 Å². The van der Waals surface area contributed by atoms with Gasteiger partial charge in [0.05, 0.1) is 0 Å². The van der Waals surface area contributed by atoms with Crippen LogP contribution in [0.1, 0.15) is 24.9 Å². The fraction of sp³-hybridized carbons (Fsp3) is 0.500. The van der Waals surface area contributed by atoms with Gasteiger partial charge in [-0.25, -0.2) is 0 Å². The molecular formula is C20H28ClN3. The summed E-state index contributed by atoms with van der Waals surface area (Å²) in [5.41, 5.74) is 1.44. The molecule has 2 aliphatic rings. The van der Waals surface area contributed by atoms with E-state index in [-0.39, 0.29) is 12.4 Å². The molecule has 0 spiro atoms. The van der Waals surface area contributed by atoms with E-state index in [1.807, 2.05) is 0 Å². The number of benzene rings is 2. The van der Waals surface area contributed by atoms with Gasteiger partial charge < -0.3 is 5.32 Å². The van der Waals surface area contributed by atoms with Crippen molar-refractivity contribution in [3.63, 3.8) is 0 Å². The lowest BCUT2D eigenvalue weighted by molar-refractivity contribution is 0.0787. The Balaban J connectivity index is 0.00000169. The summed E-state index contributed by atoms with van der Waals surface area (Å²) in [5, 5.41) is 6.18. The van der Waals surface area contributed by atoms with Crippen LogP contribution in [0.4, 0.5) is 0 Å². The van der Waals surface area contributed by atoms with Gasteiger partial charge >= 0.3 is 0 Å². The largest absolute Gasteiger partial charge is 0.315 e. The minimum absolute atomic E-state index is 0. The topological polar surface area (TPSA) is 18.5 Å². The number of halogens is 1. The Bertz CT molecular complexity index is 661. The van der Waals surface area contributed by atoms with Crippen LogP contribution in [-0.4, -0.2) is 55.1 Å². The van der Waals surface area contributed by atoms with E-state index in [0.29, 0.717) is 6.04 Å². The van der Waals surface area contributed by atoms with Gasteiger partial charge in [0.15, 0.2) is 0 Å². The van der Waals surface area contributed by atoms with Gasteiger partial charge in [-0.15, -0.1) is 12.4 Å². The maximum Gasteiger partial charge on any atom is 0.0321 e. The summed E-state index contributed by atoms with van der Waals surface area (Å²) in [5.74, 6) is 0. The Morgan fingerprint density at radius 2 is 1.75 bits per heavy atom. The van der Waals surface area contributed by atoms with E-state index in [4.69, 9.17) is 0 Å². The number of nitrogens with zero attached hydrogens (tertiary/aromatic N) is 2. The molecule has 3 nitrogen and oxygen atoms in total. The average molecular weight is 346 g/mol. The van der Waals surface area contributed by atoms with Crippen LogP contribution in [0.15, 0.2) is 42.5 Å². The number of rotatable bonds is 3. The van der Waals surface area contributed by atoms with Gasteiger partial charge in [-0.1, -0.05) is 36.4 Å². The molecule has 4 rings (SSSR count). The molecule has 24 heavy (non-hydrogen) atoms. The number of fused-ring (bicyclic) bond motifs is 1. The number of nitrogens with one attached hydrogen (secondary N) is 1. The minimum atomic E-state index is 0. The van der Waals surface area contributed by atoms with Crippen LogP contribution in [0.25, 0.3) is 10.8 Å². The zero-order valence-electron chi connectivity index (χ0n) is 14.4. The number of hydrogen-bond donors (Lipinski definition) is 1. The Hall–Kier alpha value is -1.13. The van der Waals surface area contributed by atoms with Gasteiger partial charge in [0.25, 0.3) is 0 Å². The van der Waals surface area contributed by atoms with Crippen molar-refractivity contribution >= 4 is 23.2 Å². The summed E-state index contributed by atoms with van der Waals surface area (Å²) >= 11 is 0. The Kier molecular flexibility index (Phi) is 5.77. The molecule has 0 radical (unpaired) electrons. The number of piperazine rings is 1. The average Bonchev–Trinajstić information content (AvgIpc) is 3.15. The summed E-state index contributed by atoms with van der Waals surface area (Å²) in [6.07, 6.45) is 1.32. The summed E-state index contributed by atoms with van der Waals surface area (Å²) in [6.45, 7) is 9.53. The summed E-state index contributed by atoms with van der Waals surface area (Å²) < 4.78 is 0. The Morgan fingerprint density at radius 3 is 2.46 bits per heavy atom. The van der Waals surface area contributed by atoms with Crippen LogP contribution in [0.2, 0.25) is 0 Å². The molecule has 2 aromatic carbocycles. The van der Waals surface area contributed by atoms with Crippen molar-refractivity contribution in [2.45, 2.75) is 25.4 Å². The predicted octanol–water partition coefficient (Wildman–Crippen LogP) is 3.30. The van der Waals surface area contributed by atoms with E-state index in [0.717, 1.165) is 6.04 Å². The first kappa shape index (κ1) is 17.7. The second-order valence-electron chi connectivity index (χ2n) is 7.00. The number of hydrogen-bond acceptors (Lipinski definition) is 3. The summed E-state index contributed by atoms with van der Waals surface area (Å²) in [4.78, 5) is 5.33.